The first-order valence-corrected chi connectivity index (χ1v) is 6.74. The molecule has 4 nitrogen and oxygen atoms in total. The van der Waals surface area contributed by atoms with Crippen LogP contribution in [-0.4, -0.2) is 48.3 Å². The van der Waals surface area contributed by atoms with Crippen LogP contribution >= 0.6 is 27.5 Å². The molecular formula is C12H13BrClNO3. The van der Waals surface area contributed by atoms with Gasteiger partial charge in [0.15, 0.2) is 0 Å². The standard InChI is InChI=1S/C12H13BrClNO3/c13-9-3-8(4-10(14)5-9)12(17)15-1-2-18-7-11(15)6-16/h3-5,11,16H,1-2,6-7H2. The summed E-state index contributed by atoms with van der Waals surface area (Å²) in [6.45, 7) is 1.23. The number of ether oxygens (including phenoxy) is 1. The molecule has 1 saturated heterocycles. The number of aliphatic hydroxyl groups is 1. The monoisotopic (exact) mass is 333 g/mol. The predicted molar refractivity (Wildman–Crippen MR) is 71.9 cm³/mol. The van der Waals surface area contributed by atoms with E-state index in [1.54, 1.807) is 23.1 Å². The third-order valence-electron chi connectivity index (χ3n) is 2.81. The number of aliphatic hydroxyl groups excluding tert-OH is 1. The van der Waals surface area contributed by atoms with Crippen molar-refractivity contribution >= 4 is 33.4 Å². The van der Waals surface area contributed by atoms with Crippen molar-refractivity contribution in [1.29, 1.82) is 0 Å². The zero-order valence-electron chi connectivity index (χ0n) is 9.60. The van der Waals surface area contributed by atoms with Gasteiger partial charge in [0, 0.05) is 21.6 Å². The van der Waals surface area contributed by atoms with Gasteiger partial charge in [-0.3, -0.25) is 4.79 Å². The third-order valence-corrected chi connectivity index (χ3v) is 3.48. The summed E-state index contributed by atoms with van der Waals surface area (Å²) in [6.07, 6.45) is 0. The topological polar surface area (TPSA) is 49.8 Å². The van der Waals surface area contributed by atoms with E-state index in [-0.39, 0.29) is 18.6 Å². The fraction of sp³-hybridized carbons (Fsp3) is 0.417. The van der Waals surface area contributed by atoms with Gasteiger partial charge in [0.2, 0.25) is 0 Å². The van der Waals surface area contributed by atoms with Crippen LogP contribution < -0.4 is 0 Å². The number of hydrogen-bond acceptors (Lipinski definition) is 3. The summed E-state index contributed by atoms with van der Waals surface area (Å²) in [4.78, 5) is 14.0. The molecule has 0 spiro atoms. The van der Waals surface area contributed by atoms with Gasteiger partial charge >= 0.3 is 0 Å². The van der Waals surface area contributed by atoms with E-state index in [4.69, 9.17) is 16.3 Å². The first-order valence-electron chi connectivity index (χ1n) is 5.57. The molecule has 1 aromatic carbocycles. The van der Waals surface area contributed by atoms with E-state index in [0.29, 0.717) is 30.3 Å². The molecule has 1 amide bonds. The Morgan fingerprint density at radius 3 is 3.00 bits per heavy atom. The van der Waals surface area contributed by atoms with E-state index in [0.717, 1.165) is 4.47 Å². The Morgan fingerprint density at radius 2 is 2.33 bits per heavy atom. The van der Waals surface area contributed by atoms with E-state index >= 15 is 0 Å². The van der Waals surface area contributed by atoms with Crippen LogP contribution in [0.4, 0.5) is 0 Å². The maximum absolute atomic E-state index is 12.4. The summed E-state index contributed by atoms with van der Waals surface area (Å²) in [5, 5.41) is 9.76. The molecule has 1 N–H and O–H groups in total. The van der Waals surface area contributed by atoms with Gasteiger partial charge in [0.1, 0.15) is 0 Å². The Labute approximate surface area is 119 Å². The maximum atomic E-state index is 12.4. The van der Waals surface area contributed by atoms with E-state index in [9.17, 15) is 9.90 Å². The van der Waals surface area contributed by atoms with Gasteiger partial charge in [-0.15, -0.1) is 0 Å². The highest BCUT2D eigenvalue weighted by Gasteiger charge is 2.27. The molecule has 1 atom stereocenters. The summed E-state index contributed by atoms with van der Waals surface area (Å²) in [5.41, 5.74) is 0.509. The number of benzene rings is 1. The molecule has 0 aromatic heterocycles. The van der Waals surface area contributed by atoms with Gasteiger partial charge in [-0.2, -0.15) is 0 Å². The Bertz CT molecular complexity index is 435. The first kappa shape index (κ1) is 13.8. The molecule has 98 valence electrons. The van der Waals surface area contributed by atoms with Crippen molar-refractivity contribution in [2.45, 2.75) is 6.04 Å². The van der Waals surface area contributed by atoms with E-state index in [2.05, 4.69) is 15.9 Å². The van der Waals surface area contributed by atoms with Gasteiger partial charge < -0.3 is 14.7 Å². The third kappa shape index (κ3) is 3.03. The van der Waals surface area contributed by atoms with Crippen molar-refractivity contribution in [1.82, 2.24) is 4.90 Å². The molecule has 1 fully saturated rings. The van der Waals surface area contributed by atoms with Gasteiger partial charge in [-0.05, 0) is 18.2 Å². The SMILES string of the molecule is O=C(c1cc(Cl)cc(Br)c1)N1CCOCC1CO. The highest BCUT2D eigenvalue weighted by molar-refractivity contribution is 9.10. The number of nitrogens with zero attached hydrogens (tertiary/aromatic N) is 1. The summed E-state index contributed by atoms with van der Waals surface area (Å²) in [5.74, 6) is -0.138. The van der Waals surface area contributed by atoms with Gasteiger partial charge in [-0.1, -0.05) is 27.5 Å². The number of halogens is 2. The number of rotatable bonds is 2. The number of carbonyl (C=O) groups is 1. The Kier molecular flexibility index (Phi) is 4.61. The molecule has 1 aliphatic rings. The van der Waals surface area contributed by atoms with Crippen LogP contribution in [0, 0.1) is 0 Å². The number of morpholine rings is 1. The van der Waals surface area contributed by atoms with Gasteiger partial charge in [0.25, 0.3) is 5.91 Å². The molecule has 18 heavy (non-hydrogen) atoms. The van der Waals surface area contributed by atoms with Crippen LogP contribution in [0.25, 0.3) is 0 Å². The molecule has 1 aromatic rings. The lowest BCUT2D eigenvalue weighted by Gasteiger charge is -2.34. The van der Waals surface area contributed by atoms with Crippen molar-refractivity contribution in [3.8, 4) is 0 Å². The zero-order chi connectivity index (χ0) is 13.1. The second kappa shape index (κ2) is 6.02. The molecule has 6 heteroatoms. The maximum Gasteiger partial charge on any atom is 0.254 e. The molecule has 1 aliphatic heterocycles. The Balaban J connectivity index is 2.23. The second-order valence-corrected chi connectivity index (χ2v) is 5.42. The highest BCUT2D eigenvalue weighted by Crippen LogP contribution is 2.22. The van der Waals surface area contributed by atoms with Crippen LogP contribution in [0.2, 0.25) is 5.02 Å². The normalized spacial score (nSPS) is 19.9. The Morgan fingerprint density at radius 1 is 1.56 bits per heavy atom. The molecule has 0 saturated carbocycles. The van der Waals surface area contributed by atoms with Crippen LogP contribution in [0.5, 0.6) is 0 Å². The molecule has 1 unspecified atom stereocenters. The molecular weight excluding hydrogens is 321 g/mol. The second-order valence-electron chi connectivity index (χ2n) is 4.07. The van der Waals surface area contributed by atoms with Gasteiger partial charge in [-0.25, -0.2) is 0 Å². The van der Waals surface area contributed by atoms with Crippen LogP contribution in [0.3, 0.4) is 0 Å². The lowest BCUT2D eigenvalue weighted by molar-refractivity contribution is -0.0183. The lowest BCUT2D eigenvalue weighted by atomic mass is 10.1. The summed E-state index contributed by atoms with van der Waals surface area (Å²) in [7, 11) is 0. The first-order chi connectivity index (χ1) is 8.61. The fourth-order valence-electron chi connectivity index (χ4n) is 1.92. The van der Waals surface area contributed by atoms with Crippen LogP contribution in [0.15, 0.2) is 22.7 Å². The van der Waals surface area contributed by atoms with E-state index in [1.165, 1.54) is 0 Å². The highest BCUT2D eigenvalue weighted by atomic mass is 79.9. The zero-order valence-corrected chi connectivity index (χ0v) is 11.9. The smallest absolute Gasteiger partial charge is 0.254 e. The summed E-state index contributed by atoms with van der Waals surface area (Å²) in [6, 6.07) is 4.78. The molecule has 2 rings (SSSR count). The molecule has 1 heterocycles. The quantitative estimate of drug-likeness (QED) is 0.899. The van der Waals surface area contributed by atoms with Crippen LogP contribution in [-0.2, 0) is 4.74 Å². The van der Waals surface area contributed by atoms with Crippen molar-refractivity contribution in [2.75, 3.05) is 26.4 Å². The number of amides is 1. The summed E-state index contributed by atoms with van der Waals surface area (Å²) >= 11 is 9.24. The minimum absolute atomic E-state index is 0.104. The molecule has 0 bridgehead atoms. The van der Waals surface area contributed by atoms with Gasteiger partial charge in [0.05, 0.1) is 25.9 Å². The van der Waals surface area contributed by atoms with Crippen LogP contribution in [0.1, 0.15) is 10.4 Å². The summed E-state index contributed by atoms with van der Waals surface area (Å²) < 4.78 is 6.00. The predicted octanol–water partition coefficient (Wildman–Crippen LogP) is 1.94. The van der Waals surface area contributed by atoms with Crippen molar-refractivity contribution in [3.63, 3.8) is 0 Å². The minimum atomic E-state index is -0.288. The lowest BCUT2D eigenvalue weighted by Crippen LogP contribution is -2.50. The number of hydrogen-bond donors (Lipinski definition) is 1. The van der Waals surface area contributed by atoms with Crippen molar-refractivity contribution in [2.24, 2.45) is 0 Å². The largest absolute Gasteiger partial charge is 0.394 e. The molecule has 0 radical (unpaired) electrons. The average molecular weight is 335 g/mol. The average Bonchev–Trinajstić information content (AvgIpc) is 2.36. The number of carbonyl (C=O) groups excluding carboxylic acids is 1. The minimum Gasteiger partial charge on any atom is -0.394 e. The molecule has 0 aliphatic carbocycles. The van der Waals surface area contributed by atoms with Crippen molar-refractivity contribution in [3.05, 3.63) is 33.3 Å². The fourth-order valence-corrected chi connectivity index (χ4v) is 2.78. The van der Waals surface area contributed by atoms with E-state index < -0.39 is 0 Å². The van der Waals surface area contributed by atoms with Crippen molar-refractivity contribution < 1.29 is 14.6 Å². The van der Waals surface area contributed by atoms with E-state index in [1.807, 2.05) is 0 Å². The Hall–Kier alpha value is -0.620.